The second-order valence-corrected chi connectivity index (χ2v) is 4.79. The van der Waals surface area contributed by atoms with Crippen LogP contribution in [0, 0.1) is 0 Å². The Morgan fingerprint density at radius 2 is 2.21 bits per heavy atom. The number of carbonyl (C=O) groups is 1. The lowest BCUT2D eigenvalue weighted by Gasteiger charge is -2.30. The van der Waals surface area contributed by atoms with Gasteiger partial charge in [0.25, 0.3) is 0 Å². The summed E-state index contributed by atoms with van der Waals surface area (Å²) >= 11 is 6.26. The van der Waals surface area contributed by atoms with E-state index in [4.69, 9.17) is 16.7 Å². The summed E-state index contributed by atoms with van der Waals surface area (Å²) in [6.07, 6.45) is 4.47. The van der Waals surface area contributed by atoms with Crippen molar-refractivity contribution in [2.45, 2.75) is 19.9 Å². The Balaban J connectivity index is 3.29. The molecule has 0 saturated heterocycles. The Bertz CT molecular complexity index is 495. The number of carboxylic acids is 1. The Morgan fingerprint density at radius 1 is 1.53 bits per heavy atom. The fraction of sp³-hybridized carbons (Fsp3) is 0.267. The Labute approximate surface area is 118 Å². The van der Waals surface area contributed by atoms with Crippen molar-refractivity contribution in [3.05, 3.63) is 47.5 Å². The summed E-state index contributed by atoms with van der Waals surface area (Å²) in [6, 6.07) is 5.68. The van der Waals surface area contributed by atoms with Gasteiger partial charge in [-0.3, -0.25) is 0 Å². The standard InChI is InChI=1S/C15H18ClNO2/c1-4-10-17(11(2)3)15-12(8-9-14(18)19)6-5-7-13(15)16/h4-9,11H,1,10H2,2-3H3,(H,18,19)/b9-8+. The largest absolute Gasteiger partial charge is 0.478 e. The highest BCUT2D eigenvalue weighted by Crippen LogP contribution is 2.32. The van der Waals surface area contributed by atoms with Gasteiger partial charge < -0.3 is 10.0 Å². The van der Waals surface area contributed by atoms with Gasteiger partial charge in [-0.1, -0.05) is 29.8 Å². The summed E-state index contributed by atoms with van der Waals surface area (Å²) in [6.45, 7) is 8.50. The van der Waals surface area contributed by atoms with E-state index in [1.165, 1.54) is 0 Å². The molecule has 0 spiro atoms. The molecule has 0 amide bonds. The second-order valence-electron chi connectivity index (χ2n) is 4.38. The van der Waals surface area contributed by atoms with Gasteiger partial charge in [-0.2, -0.15) is 0 Å². The molecule has 0 aromatic heterocycles. The maximum absolute atomic E-state index is 10.6. The average molecular weight is 280 g/mol. The molecule has 0 heterocycles. The number of carboxylic acid groups (broad SMARTS) is 1. The van der Waals surface area contributed by atoms with E-state index >= 15 is 0 Å². The van der Waals surface area contributed by atoms with Gasteiger partial charge in [-0.25, -0.2) is 4.79 Å². The number of hydrogen-bond acceptors (Lipinski definition) is 2. The van der Waals surface area contributed by atoms with Crippen LogP contribution >= 0.6 is 11.6 Å². The Hall–Kier alpha value is -1.74. The molecule has 0 unspecified atom stereocenters. The fourth-order valence-corrected chi connectivity index (χ4v) is 2.12. The molecule has 3 nitrogen and oxygen atoms in total. The van der Waals surface area contributed by atoms with Crippen molar-refractivity contribution in [2.24, 2.45) is 0 Å². The fourth-order valence-electron chi connectivity index (χ4n) is 1.83. The summed E-state index contributed by atoms with van der Waals surface area (Å²) in [7, 11) is 0. The summed E-state index contributed by atoms with van der Waals surface area (Å²) in [4.78, 5) is 12.7. The highest BCUT2D eigenvalue weighted by atomic mass is 35.5. The van der Waals surface area contributed by atoms with Crippen LogP contribution < -0.4 is 4.90 Å². The van der Waals surface area contributed by atoms with E-state index in [2.05, 4.69) is 25.3 Å². The molecule has 19 heavy (non-hydrogen) atoms. The van der Waals surface area contributed by atoms with Gasteiger partial charge in [0.05, 0.1) is 10.7 Å². The van der Waals surface area contributed by atoms with E-state index in [-0.39, 0.29) is 6.04 Å². The normalized spacial score (nSPS) is 10.9. The number of anilines is 1. The predicted octanol–water partition coefficient (Wildman–Crippen LogP) is 3.84. The molecule has 0 bridgehead atoms. The molecule has 4 heteroatoms. The first-order valence-corrected chi connectivity index (χ1v) is 6.42. The Kier molecular flexibility index (Phi) is 5.64. The third-order valence-corrected chi connectivity index (χ3v) is 2.96. The first-order chi connectivity index (χ1) is 8.97. The van der Waals surface area contributed by atoms with Crippen molar-refractivity contribution in [3.63, 3.8) is 0 Å². The van der Waals surface area contributed by atoms with Crippen LogP contribution in [-0.2, 0) is 4.79 Å². The SMILES string of the molecule is C=CCN(c1c(Cl)cccc1/C=C/C(=O)O)C(C)C. The number of para-hydroxylation sites is 1. The molecule has 0 aliphatic heterocycles. The lowest BCUT2D eigenvalue weighted by molar-refractivity contribution is -0.131. The molecule has 1 aromatic rings. The molecule has 0 saturated carbocycles. The smallest absolute Gasteiger partial charge is 0.328 e. The minimum absolute atomic E-state index is 0.231. The van der Waals surface area contributed by atoms with Crippen LogP contribution in [0.1, 0.15) is 19.4 Å². The lowest BCUT2D eigenvalue weighted by Crippen LogP contribution is -2.31. The number of halogens is 1. The number of hydrogen-bond donors (Lipinski definition) is 1. The van der Waals surface area contributed by atoms with Gasteiger partial charge >= 0.3 is 5.97 Å². The molecule has 0 aliphatic carbocycles. The van der Waals surface area contributed by atoms with Crippen LogP contribution in [-0.4, -0.2) is 23.7 Å². The van der Waals surface area contributed by atoms with Gasteiger partial charge in [0, 0.05) is 18.7 Å². The van der Waals surface area contributed by atoms with E-state index in [9.17, 15) is 4.79 Å². The van der Waals surface area contributed by atoms with Crippen molar-refractivity contribution < 1.29 is 9.90 Å². The summed E-state index contributed by atoms with van der Waals surface area (Å²) in [5.74, 6) is -0.981. The van der Waals surface area contributed by atoms with E-state index in [1.54, 1.807) is 24.3 Å². The van der Waals surface area contributed by atoms with Crippen molar-refractivity contribution in [2.75, 3.05) is 11.4 Å². The Morgan fingerprint density at radius 3 is 2.74 bits per heavy atom. The van der Waals surface area contributed by atoms with Gasteiger partial charge in [0.1, 0.15) is 0 Å². The molecule has 1 rings (SSSR count). The minimum atomic E-state index is -0.981. The average Bonchev–Trinajstić information content (AvgIpc) is 2.34. The maximum atomic E-state index is 10.6. The second kappa shape index (κ2) is 7.00. The number of rotatable bonds is 6. The molecule has 0 radical (unpaired) electrons. The monoisotopic (exact) mass is 279 g/mol. The molecule has 0 fully saturated rings. The van der Waals surface area contributed by atoms with E-state index in [0.29, 0.717) is 11.6 Å². The van der Waals surface area contributed by atoms with Crippen molar-refractivity contribution in [1.82, 2.24) is 0 Å². The van der Waals surface area contributed by atoms with Gasteiger partial charge in [0.15, 0.2) is 0 Å². The summed E-state index contributed by atoms with van der Waals surface area (Å²) in [5, 5.41) is 9.34. The predicted molar refractivity (Wildman–Crippen MR) is 80.8 cm³/mol. The third-order valence-electron chi connectivity index (χ3n) is 2.66. The molecular weight excluding hydrogens is 262 g/mol. The first kappa shape index (κ1) is 15.3. The van der Waals surface area contributed by atoms with Crippen molar-refractivity contribution >= 4 is 29.3 Å². The molecule has 102 valence electrons. The van der Waals surface area contributed by atoms with Crippen LogP contribution in [0.25, 0.3) is 6.08 Å². The molecular formula is C15H18ClNO2. The van der Waals surface area contributed by atoms with E-state index in [0.717, 1.165) is 17.3 Å². The van der Waals surface area contributed by atoms with Crippen LogP contribution in [0.2, 0.25) is 5.02 Å². The van der Waals surface area contributed by atoms with Gasteiger partial charge in [-0.15, -0.1) is 6.58 Å². The summed E-state index contributed by atoms with van der Waals surface area (Å²) < 4.78 is 0. The van der Waals surface area contributed by atoms with Crippen molar-refractivity contribution in [1.29, 1.82) is 0 Å². The zero-order valence-corrected chi connectivity index (χ0v) is 11.9. The number of benzene rings is 1. The van der Waals surface area contributed by atoms with Gasteiger partial charge in [-0.05, 0) is 31.6 Å². The van der Waals surface area contributed by atoms with Crippen LogP contribution in [0.5, 0.6) is 0 Å². The first-order valence-electron chi connectivity index (χ1n) is 6.04. The van der Waals surface area contributed by atoms with Crippen LogP contribution in [0.15, 0.2) is 36.9 Å². The summed E-state index contributed by atoms with van der Waals surface area (Å²) in [5.41, 5.74) is 1.61. The maximum Gasteiger partial charge on any atom is 0.328 e. The molecule has 1 aromatic carbocycles. The van der Waals surface area contributed by atoms with Crippen LogP contribution in [0.3, 0.4) is 0 Å². The zero-order valence-electron chi connectivity index (χ0n) is 11.1. The quantitative estimate of drug-likeness (QED) is 0.635. The molecule has 0 aliphatic rings. The highest BCUT2D eigenvalue weighted by Gasteiger charge is 2.15. The van der Waals surface area contributed by atoms with Crippen LogP contribution in [0.4, 0.5) is 5.69 Å². The van der Waals surface area contributed by atoms with Crippen molar-refractivity contribution in [3.8, 4) is 0 Å². The van der Waals surface area contributed by atoms with E-state index in [1.807, 2.05) is 6.07 Å². The third kappa shape index (κ3) is 4.14. The zero-order chi connectivity index (χ0) is 14.4. The topological polar surface area (TPSA) is 40.5 Å². The molecule has 0 atom stereocenters. The highest BCUT2D eigenvalue weighted by molar-refractivity contribution is 6.33. The van der Waals surface area contributed by atoms with Gasteiger partial charge in [0.2, 0.25) is 0 Å². The van der Waals surface area contributed by atoms with E-state index < -0.39 is 5.97 Å². The lowest BCUT2D eigenvalue weighted by atomic mass is 10.1. The number of aliphatic carboxylic acids is 1. The molecule has 1 N–H and O–H groups in total. The number of nitrogens with zero attached hydrogens (tertiary/aromatic N) is 1. The minimum Gasteiger partial charge on any atom is -0.478 e.